The van der Waals surface area contributed by atoms with Crippen LogP contribution in [-0.2, 0) is 21.6 Å². The highest BCUT2D eigenvalue weighted by atomic mass is 16.5. The van der Waals surface area contributed by atoms with Crippen molar-refractivity contribution >= 4 is 12.0 Å². The maximum atomic E-state index is 13.1. The van der Waals surface area contributed by atoms with Crippen LogP contribution in [0.3, 0.4) is 0 Å². The molecule has 184 valence electrons. The van der Waals surface area contributed by atoms with Gasteiger partial charge in [0.15, 0.2) is 5.76 Å². The van der Waals surface area contributed by atoms with Crippen molar-refractivity contribution in [1.82, 2.24) is 14.9 Å². The number of carbonyl (C=O) groups excluding carboxylic acids is 2. The Bertz CT molecular complexity index is 1190. The van der Waals surface area contributed by atoms with Gasteiger partial charge in [-0.3, -0.25) is 10.0 Å². The van der Waals surface area contributed by atoms with Crippen LogP contribution >= 0.6 is 0 Å². The highest BCUT2D eigenvalue weighted by molar-refractivity contribution is 5.84. The second-order valence-corrected chi connectivity index (χ2v) is 8.78. The topological polar surface area (TPSA) is 116 Å². The number of ether oxygens (including phenoxy) is 1. The number of carbonyl (C=O) groups is 2. The number of likely N-dealkylation sites (tertiary alicyclic amines) is 1. The lowest BCUT2D eigenvalue weighted by molar-refractivity contribution is -0.150. The molecule has 1 aliphatic heterocycles. The van der Waals surface area contributed by atoms with E-state index < -0.39 is 17.4 Å². The molecule has 0 radical (unpaired) electrons. The molecule has 0 atom stereocenters. The van der Waals surface area contributed by atoms with Crippen molar-refractivity contribution in [2.24, 2.45) is 0 Å². The number of hydrogen-bond acceptors (Lipinski definition) is 7. The molecule has 4 rings (SSSR count). The summed E-state index contributed by atoms with van der Waals surface area (Å²) in [4.78, 5) is 31.6. The number of amides is 2. The van der Waals surface area contributed by atoms with Crippen LogP contribution in [0.25, 0.3) is 22.6 Å². The number of aliphatic hydroxyl groups is 1. The van der Waals surface area contributed by atoms with Crippen LogP contribution in [0.2, 0.25) is 0 Å². The fourth-order valence-electron chi connectivity index (χ4n) is 4.37. The third-order valence-corrected chi connectivity index (χ3v) is 6.50. The summed E-state index contributed by atoms with van der Waals surface area (Å²) in [5.41, 5.74) is 2.87. The molecule has 1 aromatic heterocycles. The minimum absolute atomic E-state index is 0.0730. The second-order valence-electron chi connectivity index (χ2n) is 8.78. The summed E-state index contributed by atoms with van der Waals surface area (Å²) in [7, 11) is 2.59. The Kier molecular flexibility index (Phi) is 6.90. The molecule has 0 bridgehead atoms. The molecule has 1 aliphatic rings. The second kappa shape index (κ2) is 9.89. The van der Waals surface area contributed by atoms with Gasteiger partial charge in [0.2, 0.25) is 5.89 Å². The number of hydroxylamine groups is 2. The van der Waals surface area contributed by atoms with Crippen molar-refractivity contribution in [3.8, 4) is 22.6 Å². The molecule has 2 N–H and O–H groups in total. The number of benzene rings is 2. The lowest BCUT2D eigenvalue weighted by Crippen LogP contribution is -2.51. The maximum absolute atomic E-state index is 13.1. The number of hydrogen-bond donors (Lipinski definition) is 2. The molecule has 1 saturated heterocycles. The molecule has 35 heavy (non-hydrogen) atoms. The Morgan fingerprint density at radius 1 is 1.09 bits per heavy atom. The first-order valence-electron chi connectivity index (χ1n) is 11.4. The van der Waals surface area contributed by atoms with E-state index in [9.17, 15) is 19.9 Å². The largest absolute Gasteiger partial charge is 0.468 e. The molecule has 1 fully saturated rings. The van der Waals surface area contributed by atoms with Gasteiger partial charge >= 0.3 is 12.0 Å². The van der Waals surface area contributed by atoms with Gasteiger partial charge in [0.05, 0.1) is 13.7 Å². The first kappa shape index (κ1) is 24.4. The summed E-state index contributed by atoms with van der Waals surface area (Å²) in [5, 5.41) is 19.5. The van der Waals surface area contributed by atoms with Crippen molar-refractivity contribution < 1.29 is 29.1 Å². The minimum atomic E-state index is -1.18. The van der Waals surface area contributed by atoms with Gasteiger partial charge in [-0.2, -0.15) is 0 Å². The number of esters is 1. The van der Waals surface area contributed by atoms with Gasteiger partial charge in [-0.05, 0) is 25.3 Å². The number of oxazole rings is 1. The molecule has 0 spiro atoms. The fraction of sp³-hybridized carbons (Fsp3) is 0.346. The molecular weight excluding hydrogens is 450 g/mol. The van der Waals surface area contributed by atoms with Crippen molar-refractivity contribution in [2.75, 3.05) is 27.2 Å². The lowest BCUT2D eigenvalue weighted by atomic mass is 9.78. The van der Waals surface area contributed by atoms with Gasteiger partial charge in [0.1, 0.15) is 11.1 Å². The van der Waals surface area contributed by atoms with Gasteiger partial charge in [0.25, 0.3) is 0 Å². The number of nitrogens with zero attached hydrogens (tertiary/aromatic N) is 3. The van der Waals surface area contributed by atoms with Crippen LogP contribution in [0.4, 0.5) is 4.79 Å². The van der Waals surface area contributed by atoms with Crippen LogP contribution in [0.1, 0.15) is 29.9 Å². The molecule has 3 aromatic rings. The molecule has 0 aliphatic carbocycles. The number of aromatic nitrogens is 1. The molecule has 0 unspecified atom stereocenters. The number of aryl methyl sites for hydroxylation is 1. The Balaban J connectivity index is 1.80. The third kappa shape index (κ3) is 4.65. The van der Waals surface area contributed by atoms with Gasteiger partial charge in [-0.25, -0.2) is 14.8 Å². The van der Waals surface area contributed by atoms with Gasteiger partial charge in [0, 0.05) is 31.3 Å². The maximum Gasteiger partial charge on any atom is 0.343 e. The molecule has 0 saturated carbocycles. The highest BCUT2D eigenvalue weighted by Crippen LogP contribution is 2.42. The summed E-state index contributed by atoms with van der Waals surface area (Å²) in [6.07, 6.45) is 0.464. The number of rotatable bonds is 5. The summed E-state index contributed by atoms with van der Waals surface area (Å²) in [6, 6.07) is 14.6. The van der Waals surface area contributed by atoms with Crippen molar-refractivity contribution in [1.29, 1.82) is 0 Å². The summed E-state index contributed by atoms with van der Waals surface area (Å²) in [5.74, 6) is 0.247. The number of aliphatic hydroxyl groups excluding tert-OH is 1. The smallest absolute Gasteiger partial charge is 0.343 e. The number of urea groups is 1. The Hall–Kier alpha value is -3.69. The summed E-state index contributed by atoms with van der Waals surface area (Å²) in [6.45, 7) is 2.37. The van der Waals surface area contributed by atoms with Gasteiger partial charge < -0.3 is 19.2 Å². The Morgan fingerprint density at radius 2 is 1.69 bits per heavy atom. The summed E-state index contributed by atoms with van der Waals surface area (Å²) >= 11 is 0. The standard InChI is InChI=1S/C26H29N3O6/c1-17-4-8-19(9-5-17)21-22(20-10-6-18(16-30)7-11-20)35-23(27-21)26(24(31)34-3)12-14-29(15-13-26)25(32)28(2)33/h4-11,30,33H,12-16H2,1-3H3. The normalized spacial score (nSPS) is 15.1. The van der Waals surface area contributed by atoms with Crippen molar-refractivity contribution in [3.05, 3.63) is 65.5 Å². The Morgan fingerprint density at radius 3 is 2.23 bits per heavy atom. The van der Waals surface area contributed by atoms with Crippen LogP contribution in [0, 0.1) is 6.92 Å². The zero-order valence-corrected chi connectivity index (χ0v) is 20.0. The molecule has 9 nitrogen and oxygen atoms in total. The van der Waals surface area contributed by atoms with E-state index in [2.05, 4.69) is 0 Å². The van der Waals surface area contributed by atoms with Crippen LogP contribution < -0.4 is 0 Å². The molecule has 2 heterocycles. The van der Waals surface area contributed by atoms with E-state index in [1.165, 1.54) is 19.1 Å². The van der Waals surface area contributed by atoms with E-state index in [0.29, 0.717) is 16.5 Å². The zero-order valence-electron chi connectivity index (χ0n) is 20.0. The first-order chi connectivity index (χ1) is 16.8. The predicted molar refractivity (Wildman–Crippen MR) is 127 cm³/mol. The van der Waals surface area contributed by atoms with Crippen molar-refractivity contribution in [2.45, 2.75) is 31.8 Å². The fourth-order valence-corrected chi connectivity index (χ4v) is 4.37. The average Bonchev–Trinajstić information content (AvgIpc) is 3.34. The minimum Gasteiger partial charge on any atom is -0.468 e. The average molecular weight is 480 g/mol. The number of piperidine rings is 1. The van der Waals surface area contributed by atoms with E-state index >= 15 is 0 Å². The Labute approximate surface area is 203 Å². The van der Waals surface area contributed by atoms with Crippen LogP contribution in [0.15, 0.2) is 52.9 Å². The third-order valence-electron chi connectivity index (χ3n) is 6.50. The van der Waals surface area contributed by atoms with Gasteiger partial charge in [-0.15, -0.1) is 0 Å². The van der Waals surface area contributed by atoms with Gasteiger partial charge in [-0.1, -0.05) is 54.1 Å². The monoisotopic (exact) mass is 479 g/mol. The lowest BCUT2D eigenvalue weighted by Gasteiger charge is -2.38. The van der Waals surface area contributed by atoms with Crippen molar-refractivity contribution in [3.63, 3.8) is 0 Å². The zero-order chi connectivity index (χ0) is 25.2. The molecule has 2 amide bonds. The van der Waals surface area contributed by atoms with E-state index in [-0.39, 0.29) is 38.4 Å². The van der Waals surface area contributed by atoms with E-state index in [1.54, 1.807) is 0 Å². The molecule has 2 aromatic carbocycles. The SMILES string of the molecule is COC(=O)C1(c2nc(-c3ccc(C)cc3)c(-c3ccc(CO)cc3)o2)CCN(C(=O)N(C)O)CC1. The van der Waals surface area contributed by atoms with E-state index in [4.69, 9.17) is 14.1 Å². The highest BCUT2D eigenvalue weighted by Gasteiger charge is 2.49. The first-order valence-corrected chi connectivity index (χ1v) is 11.4. The number of methoxy groups -OCH3 is 1. The van der Waals surface area contributed by atoms with Crippen LogP contribution in [0.5, 0.6) is 0 Å². The predicted octanol–water partition coefficient (Wildman–Crippen LogP) is 3.76. The molecular formula is C26H29N3O6. The summed E-state index contributed by atoms with van der Waals surface area (Å²) < 4.78 is 11.5. The van der Waals surface area contributed by atoms with E-state index in [0.717, 1.165) is 22.3 Å². The van der Waals surface area contributed by atoms with E-state index in [1.807, 2.05) is 55.5 Å². The molecule has 9 heteroatoms. The quantitative estimate of drug-likeness (QED) is 0.325. The van der Waals surface area contributed by atoms with Crippen LogP contribution in [-0.4, -0.2) is 64.5 Å².